The first-order valence-electron chi connectivity index (χ1n) is 7.37. The van der Waals surface area contributed by atoms with E-state index in [4.69, 9.17) is 4.74 Å². The van der Waals surface area contributed by atoms with E-state index in [2.05, 4.69) is 41.5 Å². The van der Waals surface area contributed by atoms with E-state index in [0.717, 1.165) is 45.4 Å². The van der Waals surface area contributed by atoms with Gasteiger partial charge in [0.2, 0.25) is 0 Å². The maximum atomic E-state index is 5.43. The van der Waals surface area contributed by atoms with Crippen LogP contribution >= 0.6 is 0 Å². The molecule has 3 nitrogen and oxygen atoms in total. The van der Waals surface area contributed by atoms with E-state index in [1.54, 1.807) is 0 Å². The maximum Gasteiger partial charge on any atom is 0.0594 e. The van der Waals surface area contributed by atoms with Crippen molar-refractivity contribution in [1.29, 1.82) is 0 Å². The summed E-state index contributed by atoms with van der Waals surface area (Å²) in [5.74, 6) is 0. The molecule has 0 unspecified atom stereocenters. The van der Waals surface area contributed by atoms with Gasteiger partial charge < -0.3 is 9.64 Å². The molecule has 2 aliphatic heterocycles. The summed E-state index contributed by atoms with van der Waals surface area (Å²) in [6.07, 6.45) is 10.8. The molecule has 2 fully saturated rings. The predicted octanol–water partition coefficient (Wildman–Crippen LogP) is 2.43. The molecule has 0 aromatic heterocycles. The Hall–Kier alpha value is -1.06. The molecular formula is C16H26N2O. The minimum Gasteiger partial charge on any atom is -0.379 e. The number of hydrogen-bond acceptors (Lipinski definition) is 3. The number of hydrogen-bond donors (Lipinski definition) is 0. The molecule has 0 saturated carbocycles. The van der Waals surface area contributed by atoms with Gasteiger partial charge in [-0.25, -0.2) is 0 Å². The van der Waals surface area contributed by atoms with Crippen LogP contribution in [0.1, 0.15) is 19.8 Å². The number of allylic oxidation sites excluding steroid dienone is 4. The molecule has 2 heterocycles. The van der Waals surface area contributed by atoms with Crippen molar-refractivity contribution in [3.05, 3.63) is 36.6 Å². The number of nitrogens with zero attached hydrogens (tertiary/aromatic N) is 2. The molecule has 0 aromatic carbocycles. The van der Waals surface area contributed by atoms with Gasteiger partial charge in [0.25, 0.3) is 0 Å². The molecule has 2 rings (SSSR count). The molecule has 106 valence electrons. The lowest BCUT2D eigenvalue weighted by molar-refractivity contribution is 0.00367. The standard InChI is InChI=1S/C16H26N2O/c1-3-5-15(6-4-2)17-9-7-16(8-10-17)18-11-13-19-14-12-18/h3-6,16H,1,7-14H2,2H3/b6-4-,15-5+. The second kappa shape index (κ2) is 7.51. The molecule has 2 aliphatic rings. The van der Waals surface area contributed by atoms with E-state index in [0.29, 0.717) is 0 Å². The highest BCUT2D eigenvalue weighted by atomic mass is 16.5. The Kier molecular flexibility index (Phi) is 5.67. The van der Waals surface area contributed by atoms with Crippen LogP contribution in [0.25, 0.3) is 0 Å². The van der Waals surface area contributed by atoms with Gasteiger partial charge in [-0.15, -0.1) is 0 Å². The van der Waals surface area contributed by atoms with Crippen molar-refractivity contribution in [2.24, 2.45) is 0 Å². The highest BCUT2D eigenvalue weighted by Crippen LogP contribution is 2.21. The fraction of sp³-hybridized carbons (Fsp3) is 0.625. The van der Waals surface area contributed by atoms with Gasteiger partial charge in [0.15, 0.2) is 0 Å². The second-order valence-electron chi connectivity index (χ2n) is 5.19. The third kappa shape index (κ3) is 3.95. The van der Waals surface area contributed by atoms with Crippen molar-refractivity contribution in [1.82, 2.24) is 9.80 Å². The van der Waals surface area contributed by atoms with E-state index in [-0.39, 0.29) is 0 Å². The predicted molar refractivity (Wildman–Crippen MR) is 80.1 cm³/mol. The van der Waals surface area contributed by atoms with E-state index >= 15 is 0 Å². The number of ether oxygens (including phenoxy) is 1. The molecule has 0 N–H and O–H groups in total. The Morgan fingerprint density at radius 3 is 2.42 bits per heavy atom. The van der Waals surface area contributed by atoms with Crippen LogP contribution in [-0.4, -0.2) is 55.2 Å². The highest BCUT2D eigenvalue weighted by Gasteiger charge is 2.25. The van der Waals surface area contributed by atoms with Crippen LogP contribution in [0.2, 0.25) is 0 Å². The molecule has 0 aliphatic carbocycles. The monoisotopic (exact) mass is 262 g/mol. The average molecular weight is 262 g/mol. The van der Waals surface area contributed by atoms with Crippen LogP contribution in [-0.2, 0) is 4.74 Å². The topological polar surface area (TPSA) is 15.7 Å². The second-order valence-corrected chi connectivity index (χ2v) is 5.19. The Morgan fingerprint density at radius 2 is 1.84 bits per heavy atom. The van der Waals surface area contributed by atoms with E-state index < -0.39 is 0 Å². The zero-order valence-corrected chi connectivity index (χ0v) is 12.1. The molecule has 0 aromatic rings. The number of rotatable bonds is 4. The van der Waals surface area contributed by atoms with Crippen molar-refractivity contribution >= 4 is 0 Å². The van der Waals surface area contributed by atoms with Gasteiger partial charge in [-0.3, -0.25) is 4.90 Å². The van der Waals surface area contributed by atoms with E-state index in [1.807, 2.05) is 6.08 Å². The van der Waals surface area contributed by atoms with Gasteiger partial charge >= 0.3 is 0 Å². The summed E-state index contributed by atoms with van der Waals surface area (Å²) in [7, 11) is 0. The van der Waals surface area contributed by atoms with E-state index in [9.17, 15) is 0 Å². The summed E-state index contributed by atoms with van der Waals surface area (Å²) in [4.78, 5) is 5.08. The molecule has 0 amide bonds. The summed E-state index contributed by atoms with van der Waals surface area (Å²) in [6.45, 7) is 12.2. The van der Waals surface area contributed by atoms with Gasteiger partial charge in [0.05, 0.1) is 13.2 Å². The third-order valence-electron chi connectivity index (χ3n) is 4.02. The Balaban J connectivity index is 1.87. The van der Waals surface area contributed by atoms with Gasteiger partial charge in [0, 0.05) is 37.9 Å². The quantitative estimate of drug-likeness (QED) is 0.724. The lowest BCUT2D eigenvalue weighted by Crippen LogP contribution is -2.48. The van der Waals surface area contributed by atoms with Crippen molar-refractivity contribution in [3.63, 3.8) is 0 Å². The summed E-state index contributed by atoms with van der Waals surface area (Å²) < 4.78 is 5.43. The molecule has 0 atom stereocenters. The van der Waals surface area contributed by atoms with Crippen LogP contribution in [0.5, 0.6) is 0 Å². The van der Waals surface area contributed by atoms with Gasteiger partial charge in [-0.1, -0.05) is 18.7 Å². The molecule has 0 bridgehead atoms. The van der Waals surface area contributed by atoms with Crippen LogP contribution < -0.4 is 0 Å². The van der Waals surface area contributed by atoms with Crippen molar-refractivity contribution in [2.75, 3.05) is 39.4 Å². The normalized spacial score (nSPS) is 24.1. The minimum absolute atomic E-state index is 0.746. The van der Waals surface area contributed by atoms with Crippen LogP contribution in [0, 0.1) is 0 Å². The van der Waals surface area contributed by atoms with Crippen molar-refractivity contribution in [2.45, 2.75) is 25.8 Å². The third-order valence-corrected chi connectivity index (χ3v) is 4.02. The lowest BCUT2D eigenvalue weighted by Gasteiger charge is -2.41. The number of piperidine rings is 1. The summed E-state index contributed by atoms with van der Waals surface area (Å²) in [5, 5.41) is 0. The summed E-state index contributed by atoms with van der Waals surface area (Å²) in [5.41, 5.74) is 1.29. The van der Waals surface area contributed by atoms with Gasteiger partial charge in [0.1, 0.15) is 0 Å². The highest BCUT2D eigenvalue weighted by molar-refractivity contribution is 5.22. The maximum absolute atomic E-state index is 5.43. The fourth-order valence-corrected chi connectivity index (χ4v) is 2.99. The van der Waals surface area contributed by atoms with Gasteiger partial charge in [-0.05, 0) is 31.9 Å². The van der Waals surface area contributed by atoms with Crippen LogP contribution in [0.15, 0.2) is 36.6 Å². The molecule has 0 radical (unpaired) electrons. The SMILES string of the molecule is C=C/C=C(\C=C/C)N1CCC(N2CCOCC2)CC1. The van der Waals surface area contributed by atoms with Crippen LogP contribution in [0.4, 0.5) is 0 Å². The first kappa shape index (κ1) is 14.4. The Labute approximate surface area is 117 Å². The lowest BCUT2D eigenvalue weighted by atomic mass is 10.0. The van der Waals surface area contributed by atoms with Gasteiger partial charge in [-0.2, -0.15) is 0 Å². The largest absolute Gasteiger partial charge is 0.379 e. The first-order valence-corrected chi connectivity index (χ1v) is 7.37. The average Bonchev–Trinajstić information content (AvgIpc) is 2.48. The smallest absolute Gasteiger partial charge is 0.0594 e. The fourth-order valence-electron chi connectivity index (χ4n) is 2.99. The molecular weight excluding hydrogens is 236 g/mol. The first-order chi connectivity index (χ1) is 9.35. The zero-order valence-electron chi connectivity index (χ0n) is 12.1. The molecule has 2 saturated heterocycles. The van der Waals surface area contributed by atoms with Crippen molar-refractivity contribution < 1.29 is 4.74 Å². The Bertz CT molecular complexity index is 335. The van der Waals surface area contributed by atoms with Crippen molar-refractivity contribution in [3.8, 4) is 0 Å². The number of likely N-dealkylation sites (tertiary alicyclic amines) is 1. The summed E-state index contributed by atoms with van der Waals surface area (Å²) >= 11 is 0. The minimum atomic E-state index is 0.746. The van der Waals surface area contributed by atoms with Crippen LogP contribution in [0.3, 0.4) is 0 Å². The summed E-state index contributed by atoms with van der Waals surface area (Å²) in [6, 6.07) is 0.746. The number of morpholine rings is 1. The molecule has 3 heteroatoms. The molecule has 0 spiro atoms. The zero-order chi connectivity index (χ0) is 13.5. The molecule has 19 heavy (non-hydrogen) atoms. The Morgan fingerprint density at radius 1 is 1.16 bits per heavy atom. The van der Waals surface area contributed by atoms with E-state index in [1.165, 1.54) is 18.5 Å².